The number of benzene rings is 1. The molecule has 0 saturated heterocycles. The summed E-state index contributed by atoms with van der Waals surface area (Å²) in [6.07, 6.45) is 0.832. The summed E-state index contributed by atoms with van der Waals surface area (Å²) in [5.41, 5.74) is 0.141. The van der Waals surface area contributed by atoms with Gasteiger partial charge in [0.05, 0.1) is 5.69 Å². The highest BCUT2D eigenvalue weighted by Gasteiger charge is 2.50. The third-order valence-electron chi connectivity index (χ3n) is 3.04. The summed E-state index contributed by atoms with van der Waals surface area (Å²) in [5.74, 6) is -0.968. The molecule has 0 aliphatic heterocycles. The van der Waals surface area contributed by atoms with Gasteiger partial charge in [-0.1, -0.05) is 13.8 Å². The Kier molecular flexibility index (Phi) is 2.37. The molecule has 16 heavy (non-hydrogen) atoms. The van der Waals surface area contributed by atoms with Crippen molar-refractivity contribution < 1.29 is 14.3 Å². The fourth-order valence-electron chi connectivity index (χ4n) is 1.74. The molecule has 1 aromatic rings. The van der Waals surface area contributed by atoms with Gasteiger partial charge >= 0.3 is 0 Å². The fraction of sp³-hybridized carbons (Fsp3) is 0.417. The summed E-state index contributed by atoms with van der Waals surface area (Å²) in [7, 11) is 0. The number of nitrogens with one attached hydrogen (secondary N) is 1. The highest BCUT2D eigenvalue weighted by atomic mass is 19.1. The molecule has 2 N–H and O–H groups in total. The number of rotatable bonds is 2. The number of carbonyl (C=O) groups excluding carboxylic acids is 1. The van der Waals surface area contributed by atoms with Crippen molar-refractivity contribution in [2.24, 2.45) is 11.3 Å². The normalized spacial score (nSPS) is 21.6. The Morgan fingerprint density at radius 3 is 2.69 bits per heavy atom. The van der Waals surface area contributed by atoms with Crippen molar-refractivity contribution in [3.05, 3.63) is 24.0 Å². The Labute approximate surface area is 93.3 Å². The zero-order valence-corrected chi connectivity index (χ0v) is 9.25. The Morgan fingerprint density at radius 1 is 1.56 bits per heavy atom. The summed E-state index contributed by atoms with van der Waals surface area (Å²) >= 11 is 0. The second-order valence-corrected chi connectivity index (χ2v) is 4.90. The predicted molar refractivity (Wildman–Crippen MR) is 58.6 cm³/mol. The maximum Gasteiger partial charge on any atom is 0.228 e. The van der Waals surface area contributed by atoms with Gasteiger partial charge in [-0.2, -0.15) is 0 Å². The standard InChI is InChI=1S/C12H14FNO2/c1-12(2)6-8(12)11(16)14-10-4-3-7(15)5-9(10)13/h3-5,8,15H,6H2,1-2H3,(H,14,16). The average molecular weight is 223 g/mol. The molecule has 0 aromatic heterocycles. The molecule has 3 nitrogen and oxygen atoms in total. The van der Waals surface area contributed by atoms with Crippen LogP contribution in [0.1, 0.15) is 20.3 Å². The van der Waals surface area contributed by atoms with Gasteiger partial charge in [-0.3, -0.25) is 4.79 Å². The predicted octanol–water partition coefficient (Wildman–Crippen LogP) is 2.52. The van der Waals surface area contributed by atoms with Gasteiger partial charge in [0.1, 0.15) is 11.6 Å². The largest absolute Gasteiger partial charge is 0.508 e. The van der Waals surface area contributed by atoms with Crippen molar-refractivity contribution in [3.8, 4) is 5.75 Å². The van der Waals surface area contributed by atoms with Crippen molar-refractivity contribution in [3.63, 3.8) is 0 Å². The molecule has 1 aliphatic rings. The number of hydrogen-bond donors (Lipinski definition) is 2. The fourth-order valence-corrected chi connectivity index (χ4v) is 1.74. The van der Waals surface area contributed by atoms with E-state index in [0.29, 0.717) is 0 Å². The number of amides is 1. The first-order chi connectivity index (χ1) is 7.40. The molecule has 1 saturated carbocycles. The summed E-state index contributed by atoms with van der Waals surface area (Å²) in [4.78, 5) is 11.7. The number of anilines is 1. The van der Waals surface area contributed by atoms with Gasteiger partial charge in [0.25, 0.3) is 0 Å². The maximum absolute atomic E-state index is 13.3. The zero-order chi connectivity index (χ0) is 11.9. The minimum atomic E-state index is -0.619. The van der Waals surface area contributed by atoms with Gasteiger partial charge in [0.15, 0.2) is 0 Å². The summed E-state index contributed by atoms with van der Waals surface area (Å²) in [6.45, 7) is 4.01. The lowest BCUT2D eigenvalue weighted by atomic mass is 10.1. The Morgan fingerprint density at radius 2 is 2.19 bits per heavy atom. The number of phenols is 1. The lowest BCUT2D eigenvalue weighted by Crippen LogP contribution is -2.17. The van der Waals surface area contributed by atoms with E-state index >= 15 is 0 Å². The third-order valence-corrected chi connectivity index (χ3v) is 3.04. The SMILES string of the molecule is CC1(C)CC1C(=O)Nc1ccc(O)cc1F. The summed E-state index contributed by atoms with van der Waals surface area (Å²) in [6, 6.07) is 3.68. The Hall–Kier alpha value is -1.58. The molecule has 4 heteroatoms. The van der Waals surface area contributed by atoms with E-state index in [4.69, 9.17) is 5.11 Å². The number of hydrogen-bond acceptors (Lipinski definition) is 2. The maximum atomic E-state index is 13.3. The highest BCUT2D eigenvalue weighted by Crippen LogP contribution is 2.52. The van der Waals surface area contributed by atoms with Crippen LogP contribution in [0.4, 0.5) is 10.1 Å². The molecule has 1 fully saturated rings. The third kappa shape index (κ3) is 2.01. The van der Waals surface area contributed by atoms with Crippen molar-refractivity contribution >= 4 is 11.6 Å². The number of phenolic OH excluding ortho intramolecular Hbond substituents is 1. The monoisotopic (exact) mass is 223 g/mol. The molecule has 0 bridgehead atoms. The first kappa shape index (κ1) is 10.9. The molecule has 1 amide bonds. The average Bonchev–Trinajstić information content (AvgIpc) is 2.80. The van der Waals surface area contributed by atoms with Crippen molar-refractivity contribution in [1.82, 2.24) is 0 Å². The van der Waals surface area contributed by atoms with E-state index < -0.39 is 5.82 Å². The van der Waals surface area contributed by atoms with Crippen LogP contribution in [0.15, 0.2) is 18.2 Å². The molecule has 1 unspecified atom stereocenters. The van der Waals surface area contributed by atoms with Gasteiger partial charge < -0.3 is 10.4 Å². The van der Waals surface area contributed by atoms with E-state index in [1.807, 2.05) is 13.8 Å². The van der Waals surface area contributed by atoms with E-state index in [1.54, 1.807) is 0 Å². The quantitative estimate of drug-likeness (QED) is 0.757. The van der Waals surface area contributed by atoms with Crippen LogP contribution in [-0.4, -0.2) is 11.0 Å². The Balaban J connectivity index is 2.07. The van der Waals surface area contributed by atoms with Crippen LogP contribution < -0.4 is 5.32 Å². The van der Waals surface area contributed by atoms with Crippen molar-refractivity contribution in [2.45, 2.75) is 20.3 Å². The first-order valence-electron chi connectivity index (χ1n) is 5.19. The second-order valence-electron chi connectivity index (χ2n) is 4.90. The van der Waals surface area contributed by atoms with Crippen LogP contribution in [-0.2, 0) is 4.79 Å². The number of halogens is 1. The van der Waals surface area contributed by atoms with Crippen molar-refractivity contribution in [2.75, 3.05) is 5.32 Å². The van der Waals surface area contributed by atoms with Gasteiger partial charge in [0, 0.05) is 12.0 Å². The molecule has 1 atom stereocenters. The molecule has 1 aliphatic carbocycles. The molecular formula is C12H14FNO2. The van der Waals surface area contributed by atoms with E-state index in [0.717, 1.165) is 12.5 Å². The Bertz CT molecular complexity index is 443. The van der Waals surface area contributed by atoms with Crippen LogP contribution in [0.2, 0.25) is 0 Å². The van der Waals surface area contributed by atoms with Crippen LogP contribution in [0.25, 0.3) is 0 Å². The van der Waals surface area contributed by atoms with Crippen LogP contribution in [0.3, 0.4) is 0 Å². The van der Waals surface area contributed by atoms with E-state index in [2.05, 4.69) is 5.32 Å². The smallest absolute Gasteiger partial charge is 0.228 e. The van der Waals surface area contributed by atoms with E-state index in [1.165, 1.54) is 12.1 Å². The minimum Gasteiger partial charge on any atom is -0.508 e. The second kappa shape index (κ2) is 3.47. The number of carbonyl (C=O) groups is 1. The lowest BCUT2D eigenvalue weighted by molar-refractivity contribution is -0.118. The lowest BCUT2D eigenvalue weighted by Gasteiger charge is -2.07. The molecule has 0 radical (unpaired) electrons. The zero-order valence-electron chi connectivity index (χ0n) is 9.25. The van der Waals surface area contributed by atoms with E-state index in [-0.39, 0.29) is 28.7 Å². The van der Waals surface area contributed by atoms with E-state index in [9.17, 15) is 9.18 Å². The van der Waals surface area contributed by atoms with Gasteiger partial charge in [-0.05, 0) is 24.0 Å². The molecule has 0 spiro atoms. The first-order valence-corrected chi connectivity index (χ1v) is 5.19. The van der Waals surface area contributed by atoms with Crippen LogP contribution >= 0.6 is 0 Å². The molecule has 1 aromatic carbocycles. The minimum absolute atomic E-state index is 0.0253. The van der Waals surface area contributed by atoms with Gasteiger partial charge in [-0.15, -0.1) is 0 Å². The molecule has 0 heterocycles. The topological polar surface area (TPSA) is 49.3 Å². The molecule has 86 valence electrons. The summed E-state index contributed by atoms with van der Waals surface area (Å²) in [5, 5.41) is 11.6. The molecular weight excluding hydrogens is 209 g/mol. The number of aromatic hydroxyl groups is 1. The van der Waals surface area contributed by atoms with Crippen molar-refractivity contribution in [1.29, 1.82) is 0 Å². The highest BCUT2D eigenvalue weighted by molar-refractivity contribution is 5.95. The van der Waals surface area contributed by atoms with Gasteiger partial charge in [-0.25, -0.2) is 4.39 Å². The summed E-state index contributed by atoms with van der Waals surface area (Å²) < 4.78 is 13.3. The molecule has 2 rings (SSSR count). The van der Waals surface area contributed by atoms with Gasteiger partial charge in [0.2, 0.25) is 5.91 Å². The van der Waals surface area contributed by atoms with Crippen LogP contribution in [0.5, 0.6) is 5.75 Å². The van der Waals surface area contributed by atoms with Crippen LogP contribution in [0, 0.1) is 17.2 Å².